The number of nitrogens with zero attached hydrogens (tertiary/aromatic N) is 3. The predicted molar refractivity (Wildman–Crippen MR) is 104 cm³/mol. The van der Waals surface area contributed by atoms with Crippen molar-refractivity contribution in [2.75, 3.05) is 24.5 Å². The Morgan fingerprint density at radius 1 is 1.26 bits per heavy atom. The summed E-state index contributed by atoms with van der Waals surface area (Å²) in [6, 6.07) is 8.50. The molecule has 0 atom stereocenters. The van der Waals surface area contributed by atoms with Gasteiger partial charge >= 0.3 is 0 Å². The van der Waals surface area contributed by atoms with Crippen LogP contribution in [0.25, 0.3) is 0 Å². The van der Waals surface area contributed by atoms with E-state index in [0.717, 1.165) is 18.8 Å². The molecule has 1 aromatic heterocycles. The number of pyridine rings is 1. The summed E-state index contributed by atoms with van der Waals surface area (Å²) in [4.78, 5) is 29.5. The molecule has 0 aliphatic heterocycles. The van der Waals surface area contributed by atoms with Crippen molar-refractivity contribution in [3.8, 4) is 5.75 Å². The quantitative estimate of drug-likeness (QED) is 0.483. The number of hydrogen-bond donors (Lipinski definition) is 3. The zero-order valence-electron chi connectivity index (χ0n) is 15.3. The van der Waals surface area contributed by atoms with Crippen molar-refractivity contribution >= 4 is 23.7 Å². The van der Waals surface area contributed by atoms with Gasteiger partial charge in [0.2, 0.25) is 0 Å². The lowest BCUT2D eigenvalue weighted by Crippen LogP contribution is -2.34. The molecule has 0 bridgehead atoms. The number of amides is 2. The molecule has 0 aliphatic carbocycles. The van der Waals surface area contributed by atoms with Gasteiger partial charge in [-0.2, -0.15) is 5.10 Å². The molecule has 1 aromatic carbocycles. The number of aromatic nitrogens is 1. The van der Waals surface area contributed by atoms with Crippen LogP contribution in [0, 0.1) is 0 Å². The van der Waals surface area contributed by atoms with Gasteiger partial charge in [0.15, 0.2) is 0 Å². The van der Waals surface area contributed by atoms with Gasteiger partial charge in [-0.3, -0.25) is 14.6 Å². The average molecular weight is 369 g/mol. The monoisotopic (exact) mass is 369 g/mol. The first-order chi connectivity index (χ1) is 13.0. The van der Waals surface area contributed by atoms with Crippen LogP contribution in [0.1, 0.15) is 29.8 Å². The number of carbonyl (C=O) groups is 2. The summed E-state index contributed by atoms with van der Waals surface area (Å²) in [5, 5.41) is 16.4. The lowest BCUT2D eigenvalue weighted by atomic mass is 10.2. The molecule has 142 valence electrons. The molecular formula is C19H23N5O3. The number of hydrazone groups is 1. The predicted octanol–water partition coefficient (Wildman–Crippen LogP) is 1.51. The van der Waals surface area contributed by atoms with Crippen LogP contribution in [0.2, 0.25) is 0 Å². The number of phenolic OH excluding ortho intramolecular Hbond substituents is 1. The van der Waals surface area contributed by atoms with Crippen LogP contribution in [0.4, 0.5) is 5.69 Å². The van der Waals surface area contributed by atoms with Crippen LogP contribution in [0.5, 0.6) is 5.75 Å². The van der Waals surface area contributed by atoms with Crippen molar-refractivity contribution < 1.29 is 14.7 Å². The lowest BCUT2D eigenvalue weighted by Gasteiger charge is -2.21. The van der Waals surface area contributed by atoms with E-state index in [1.165, 1.54) is 12.4 Å². The molecule has 0 radical (unpaired) electrons. The summed E-state index contributed by atoms with van der Waals surface area (Å²) < 4.78 is 0. The van der Waals surface area contributed by atoms with E-state index >= 15 is 0 Å². The zero-order valence-corrected chi connectivity index (χ0v) is 15.3. The Bertz CT molecular complexity index is 804. The van der Waals surface area contributed by atoms with Crippen LogP contribution < -0.4 is 15.6 Å². The van der Waals surface area contributed by atoms with E-state index in [4.69, 9.17) is 0 Å². The highest BCUT2D eigenvalue weighted by atomic mass is 16.3. The number of hydrogen-bond acceptors (Lipinski definition) is 6. The van der Waals surface area contributed by atoms with Gasteiger partial charge in [-0.15, -0.1) is 0 Å². The zero-order chi connectivity index (χ0) is 19.6. The first-order valence-corrected chi connectivity index (χ1v) is 8.63. The van der Waals surface area contributed by atoms with E-state index in [9.17, 15) is 14.7 Å². The fourth-order valence-electron chi connectivity index (χ4n) is 2.40. The number of phenols is 1. The van der Waals surface area contributed by atoms with Crippen LogP contribution in [-0.2, 0) is 4.79 Å². The second-order valence-electron chi connectivity index (χ2n) is 5.63. The molecule has 1 heterocycles. The number of rotatable bonds is 8. The molecule has 8 nitrogen and oxygen atoms in total. The van der Waals surface area contributed by atoms with E-state index in [1.807, 2.05) is 19.9 Å². The van der Waals surface area contributed by atoms with Crippen LogP contribution in [-0.4, -0.2) is 47.8 Å². The second kappa shape index (κ2) is 9.91. The summed E-state index contributed by atoms with van der Waals surface area (Å²) in [6.45, 7) is 5.53. The minimum Gasteiger partial charge on any atom is -0.507 e. The largest absolute Gasteiger partial charge is 0.507 e. The van der Waals surface area contributed by atoms with E-state index in [-0.39, 0.29) is 12.3 Å². The molecular weight excluding hydrogens is 346 g/mol. The Balaban J connectivity index is 1.86. The summed E-state index contributed by atoms with van der Waals surface area (Å²) in [5.74, 6) is -0.808. The topological polar surface area (TPSA) is 107 Å². The second-order valence-corrected chi connectivity index (χ2v) is 5.63. The van der Waals surface area contributed by atoms with Gasteiger partial charge in [-0.25, -0.2) is 5.43 Å². The highest BCUT2D eigenvalue weighted by Crippen LogP contribution is 2.23. The molecule has 0 aliphatic rings. The summed E-state index contributed by atoms with van der Waals surface area (Å²) in [7, 11) is 0. The van der Waals surface area contributed by atoms with E-state index in [0.29, 0.717) is 11.1 Å². The summed E-state index contributed by atoms with van der Waals surface area (Å²) >= 11 is 0. The maximum absolute atomic E-state index is 11.8. The molecule has 27 heavy (non-hydrogen) atoms. The van der Waals surface area contributed by atoms with Crippen LogP contribution in [0.15, 0.2) is 47.8 Å². The molecule has 2 amide bonds. The van der Waals surface area contributed by atoms with Crippen molar-refractivity contribution in [1.82, 2.24) is 15.7 Å². The highest BCUT2D eigenvalue weighted by molar-refractivity contribution is 5.96. The molecule has 2 rings (SSSR count). The van der Waals surface area contributed by atoms with Gasteiger partial charge in [0.1, 0.15) is 5.75 Å². The number of anilines is 1. The maximum Gasteiger partial charge on any atom is 0.259 e. The average Bonchev–Trinajstić information content (AvgIpc) is 2.69. The van der Waals surface area contributed by atoms with Crippen molar-refractivity contribution in [2.24, 2.45) is 5.10 Å². The minimum absolute atomic E-state index is 0.0716. The smallest absolute Gasteiger partial charge is 0.259 e. The SMILES string of the molecule is CCN(CC)c1ccc(/C=N\NC(=O)CNC(=O)c2cccnc2)c(O)c1. The molecule has 0 saturated heterocycles. The van der Waals surface area contributed by atoms with Crippen molar-refractivity contribution in [2.45, 2.75) is 13.8 Å². The standard InChI is InChI=1S/C19H23N5O3/c1-3-24(4-2)16-8-7-14(17(25)10-16)12-22-23-18(26)13-21-19(27)15-6-5-9-20-11-15/h5-12,25H,3-4,13H2,1-2H3,(H,21,27)(H,23,26)/b22-12-. The number of nitrogens with one attached hydrogen (secondary N) is 2. The highest BCUT2D eigenvalue weighted by Gasteiger charge is 2.08. The lowest BCUT2D eigenvalue weighted by molar-refractivity contribution is -0.120. The van der Waals surface area contributed by atoms with Crippen molar-refractivity contribution in [3.05, 3.63) is 53.9 Å². The molecule has 2 aromatic rings. The molecule has 0 fully saturated rings. The number of benzene rings is 1. The fourth-order valence-corrected chi connectivity index (χ4v) is 2.40. The first-order valence-electron chi connectivity index (χ1n) is 8.63. The Morgan fingerprint density at radius 3 is 2.67 bits per heavy atom. The van der Waals surface area contributed by atoms with Crippen LogP contribution >= 0.6 is 0 Å². The Hall–Kier alpha value is -3.42. The van der Waals surface area contributed by atoms with Gasteiger partial charge in [0.05, 0.1) is 18.3 Å². The molecule has 0 spiro atoms. The van der Waals surface area contributed by atoms with Gasteiger partial charge < -0.3 is 15.3 Å². The number of aromatic hydroxyl groups is 1. The minimum atomic E-state index is -0.484. The van der Waals surface area contributed by atoms with Gasteiger partial charge in [0, 0.05) is 42.8 Å². The summed E-state index contributed by atoms with van der Waals surface area (Å²) in [5.41, 5.74) is 4.06. The Kier molecular flexibility index (Phi) is 7.30. The van der Waals surface area contributed by atoms with E-state index in [1.54, 1.807) is 30.5 Å². The third-order valence-corrected chi connectivity index (χ3v) is 3.87. The van der Waals surface area contributed by atoms with Crippen molar-refractivity contribution in [1.29, 1.82) is 0 Å². The molecule has 8 heteroatoms. The molecule has 0 saturated carbocycles. The molecule has 0 unspecified atom stereocenters. The van der Waals surface area contributed by atoms with Crippen LogP contribution in [0.3, 0.4) is 0 Å². The number of carbonyl (C=O) groups excluding carboxylic acids is 2. The maximum atomic E-state index is 11.8. The summed E-state index contributed by atoms with van der Waals surface area (Å²) in [6.07, 6.45) is 4.32. The van der Waals surface area contributed by atoms with Gasteiger partial charge in [0.25, 0.3) is 11.8 Å². The molecule has 3 N–H and O–H groups in total. The van der Waals surface area contributed by atoms with Gasteiger partial charge in [-0.1, -0.05) is 0 Å². The third kappa shape index (κ3) is 5.81. The Morgan fingerprint density at radius 2 is 2.04 bits per heavy atom. The Labute approximate surface area is 157 Å². The van der Waals surface area contributed by atoms with Gasteiger partial charge in [-0.05, 0) is 38.1 Å². The fraction of sp³-hybridized carbons (Fsp3) is 0.263. The van der Waals surface area contributed by atoms with E-state index in [2.05, 4.69) is 25.7 Å². The van der Waals surface area contributed by atoms with Crippen molar-refractivity contribution in [3.63, 3.8) is 0 Å². The van der Waals surface area contributed by atoms with E-state index < -0.39 is 11.8 Å². The third-order valence-electron chi connectivity index (χ3n) is 3.87. The first kappa shape index (κ1) is 19.9. The normalized spacial score (nSPS) is 10.6.